The van der Waals surface area contributed by atoms with E-state index in [9.17, 15) is 9.59 Å². The predicted molar refractivity (Wildman–Crippen MR) is 102 cm³/mol. The van der Waals surface area contributed by atoms with Gasteiger partial charge in [-0.15, -0.1) is 12.4 Å². The van der Waals surface area contributed by atoms with E-state index in [1.54, 1.807) is 23.1 Å². The molecule has 1 aromatic carbocycles. The first-order valence-corrected chi connectivity index (χ1v) is 9.01. The van der Waals surface area contributed by atoms with Gasteiger partial charge in [-0.1, -0.05) is 23.2 Å². The molecule has 0 radical (unpaired) electrons. The molecule has 2 atom stereocenters. The fourth-order valence-corrected chi connectivity index (χ4v) is 3.80. The summed E-state index contributed by atoms with van der Waals surface area (Å²) in [5.74, 6) is 0.241. The van der Waals surface area contributed by atoms with Crippen molar-refractivity contribution < 1.29 is 9.59 Å². The van der Waals surface area contributed by atoms with Crippen LogP contribution in [0.5, 0.6) is 0 Å². The molecule has 8 heteroatoms. The van der Waals surface area contributed by atoms with Crippen LogP contribution in [0.2, 0.25) is 10.0 Å². The molecule has 2 aliphatic heterocycles. The van der Waals surface area contributed by atoms with Crippen LogP contribution in [-0.4, -0.2) is 53.8 Å². The lowest BCUT2D eigenvalue weighted by Crippen LogP contribution is -2.47. The van der Waals surface area contributed by atoms with Crippen LogP contribution in [0, 0.1) is 5.92 Å². The van der Waals surface area contributed by atoms with Gasteiger partial charge in [0.25, 0.3) is 5.91 Å². The molecule has 2 heterocycles. The average Bonchev–Trinajstić information content (AvgIpc) is 3.25. The number of carbonyl (C=O) groups excluding carboxylic acids is 2. The van der Waals surface area contributed by atoms with Gasteiger partial charge in [-0.2, -0.15) is 0 Å². The molecule has 0 bridgehead atoms. The third kappa shape index (κ3) is 4.22. The van der Waals surface area contributed by atoms with Gasteiger partial charge in [0, 0.05) is 25.2 Å². The number of hydrogen-bond donors (Lipinski definition) is 1. The SMILES string of the molecule is Cl.NCC1CCN(C(=O)C2CCCN2C(=O)c2ccc(Cl)c(Cl)c2)C1. The second-order valence-corrected chi connectivity index (χ2v) is 7.27. The summed E-state index contributed by atoms with van der Waals surface area (Å²) in [6, 6.07) is 4.43. The number of nitrogens with zero attached hydrogens (tertiary/aromatic N) is 2. The molecule has 138 valence electrons. The van der Waals surface area contributed by atoms with Gasteiger partial charge in [0.15, 0.2) is 0 Å². The van der Waals surface area contributed by atoms with E-state index < -0.39 is 0 Å². The van der Waals surface area contributed by atoms with E-state index in [4.69, 9.17) is 28.9 Å². The Balaban J connectivity index is 0.00000225. The standard InChI is InChI=1S/C17H21Cl2N3O2.ClH/c18-13-4-3-12(8-14(13)19)16(23)22-6-1-2-15(22)17(24)21-7-5-11(9-20)10-21;/h3-4,8,11,15H,1-2,5-7,9-10,20H2;1H. The summed E-state index contributed by atoms with van der Waals surface area (Å²) in [6.45, 7) is 2.61. The number of carbonyl (C=O) groups is 2. The molecular weight excluding hydrogens is 385 g/mol. The number of likely N-dealkylation sites (tertiary alicyclic amines) is 2. The second kappa shape index (κ2) is 8.58. The highest BCUT2D eigenvalue weighted by molar-refractivity contribution is 6.42. The maximum absolute atomic E-state index is 12.8. The fraction of sp³-hybridized carbons (Fsp3) is 0.529. The zero-order chi connectivity index (χ0) is 17.3. The van der Waals surface area contributed by atoms with Crippen molar-refractivity contribution in [2.45, 2.75) is 25.3 Å². The quantitative estimate of drug-likeness (QED) is 0.839. The highest BCUT2D eigenvalue weighted by atomic mass is 35.5. The van der Waals surface area contributed by atoms with E-state index in [1.807, 2.05) is 4.90 Å². The van der Waals surface area contributed by atoms with Gasteiger partial charge in [-0.25, -0.2) is 0 Å². The molecule has 3 rings (SSSR count). The summed E-state index contributed by atoms with van der Waals surface area (Å²) in [4.78, 5) is 29.1. The minimum Gasteiger partial charge on any atom is -0.341 e. The van der Waals surface area contributed by atoms with Crippen LogP contribution in [0.1, 0.15) is 29.6 Å². The number of hydrogen-bond acceptors (Lipinski definition) is 3. The van der Waals surface area contributed by atoms with Gasteiger partial charge in [-0.3, -0.25) is 9.59 Å². The molecular formula is C17H22Cl3N3O2. The second-order valence-electron chi connectivity index (χ2n) is 6.46. The summed E-state index contributed by atoms with van der Waals surface area (Å²) in [6.07, 6.45) is 2.48. The van der Waals surface area contributed by atoms with Crippen molar-refractivity contribution in [3.8, 4) is 0 Å². The molecule has 5 nitrogen and oxygen atoms in total. The van der Waals surface area contributed by atoms with Crippen LogP contribution in [-0.2, 0) is 4.79 Å². The Morgan fingerprint density at radius 1 is 1.16 bits per heavy atom. The minimum absolute atomic E-state index is 0. The Bertz CT molecular complexity index is 656. The highest BCUT2D eigenvalue weighted by Gasteiger charge is 2.38. The third-order valence-corrected chi connectivity index (χ3v) is 5.64. The first-order chi connectivity index (χ1) is 11.5. The lowest BCUT2D eigenvalue weighted by atomic mass is 10.1. The molecule has 1 aromatic rings. The summed E-state index contributed by atoms with van der Waals surface area (Å²) in [5.41, 5.74) is 6.17. The number of benzene rings is 1. The number of amides is 2. The summed E-state index contributed by atoms with van der Waals surface area (Å²) in [7, 11) is 0. The van der Waals surface area contributed by atoms with Gasteiger partial charge in [-0.05, 0) is 49.9 Å². The predicted octanol–water partition coefficient (Wildman–Crippen LogP) is 2.83. The van der Waals surface area contributed by atoms with Crippen molar-refractivity contribution in [1.82, 2.24) is 9.80 Å². The molecule has 2 unspecified atom stereocenters. The highest BCUT2D eigenvalue weighted by Crippen LogP contribution is 2.27. The van der Waals surface area contributed by atoms with Crippen LogP contribution in [0.3, 0.4) is 0 Å². The topological polar surface area (TPSA) is 66.6 Å². The van der Waals surface area contributed by atoms with E-state index in [1.165, 1.54) is 0 Å². The summed E-state index contributed by atoms with van der Waals surface area (Å²) in [5, 5.41) is 0.752. The Morgan fingerprint density at radius 3 is 2.56 bits per heavy atom. The van der Waals surface area contributed by atoms with E-state index in [-0.39, 0.29) is 30.3 Å². The van der Waals surface area contributed by atoms with Crippen molar-refractivity contribution in [3.05, 3.63) is 33.8 Å². The molecule has 2 aliphatic rings. The monoisotopic (exact) mass is 405 g/mol. The van der Waals surface area contributed by atoms with Crippen molar-refractivity contribution in [1.29, 1.82) is 0 Å². The minimum atomic E-state index is -0.386. The molecule has 2 fully saturated rings. The smallest absolute Gasteiger partial charge is 0.254 e. The first-order valence-electron chi connectivity index (χ1n) is 8.26. The van der Waals surface area contributed by atoms with Crippen LogP contribution in [0.15, 0.2) is 18.2 Å². The van der Waals surface area contributed by atoms with E-state index in [0.717, 1.165) is 19.4 Å². The zero-order valence-electron chi connectivity index (χ0n) is 13.8. The lowest BCUT2D eigenvalue weighted by molar-refractivity contribution is -0.134. The average molecular weight is 407 g/mol. The van der Waals surface area contributed by atoms with Gasteiger partial charge in [0.05, 0.1) is 10.0 Å². The Kier molecular flexibility index (Phi) is 6.97. The number of nitrogens with two attached hydrogens (primary N) is 1. The van der Waals surface area contributed by atoms with Gasteiger partial charge < -0.3 is 15.5 Å². The van der Waals surface area contributed by atoms with Crippen LogP contribution in [0.4, 0.5) is 0 Å². The lowest BCUT2D eigenvalue weighted by Gasteiger charge is -2.28. The molecule has 0 aromatic heterocycles. The summed E-state index contributed by atoms with van der Waals surface area (Å²) >= 11 is 11.9. The van der Waals surface area contributed by atoms with Crippen LogP contribution in [0.25, 0.3) is 0 Å². The molecule has 2 N–H and O–H groups in total. The van der Waals surface area contributed by atoms with Gasteiger partial charge in [0.1, 0.15) is 6.04 Å². The maximum Gasteiger partial charge on any atom is 0.254 e. The summed E-state index contributed by atoms with van der Waals surface area (Å²) < 4.78 is 0. The Morgan fingerprint density at radius 2 is 1.92 bits per heavy atom. The number of halogens is 3. The van der Waals surface area contributed by atoms with E-state index in [0.29, 0.717) is 47.6 Å². The maximum atomic E-state index is 12.8. The third-order valence-electron chi connectivity index (χ3n) is 4.90. The first kappa shape index (κ1) is 20.3. The fourth-order valence-electron chi connectivity index (χ4n) is 3.50. The van der Waals surface area contributed by atoms with Gasteiger partial charge in [0.2, 0.25) is 5.91 Å². The van der Waals surface area contributed by atoms with E-state index in [2.05, 4.69) is 0 Å². The zero-order valence-corrected chi connectivity index (χ0v) is 16.1. The molecule has 25 heavy (non-hydrogen) atoms. The van der Waals surface area contributed by atoms with Crippen LogP contribution < -0.4 is 5.73 Å². The molecule has 0 saturated carbocycles. The van der Waals surface area contributed by atoms with Crippen molar-refractivity contribution in [3.63, 3.8) is 0 Å². The van der Waals surface area contributed by atoms with Crippen LogP contribution >= 0.6 is 35.6 Å². The molecule has 0 aliphatic carbocycles. The Labute approximate surface area is 163 Å². The Hall–Kier alpha value is -1.01. The molecule has 0 spiro atoms. The van der Waals surface area contributed by atoms with Crippen molar-refractivity contribution >= 4 is 47.4 Å². The largest absolute Gasteiger partial charge is 0.341 e. The van der Waals surface area contributed by atoms with Gasteiger partial charge >= 0.3 is 0 Å². The molecule has 2 saturated heterocycles. The number of rotatable bonds is 3. The van der Waals surface area contributed by atoms with Crippen molar-refractivity contribution in [2.75, 3.05) is 26.2 Å². The normalized spacial score (nSPS) is 22.8. The van der Waals surface area contributed by atoms with E-state index >= 15 is 0 Å². The molecule has 2 amide bonds. The van der Waals surface area contributed by atoms with Crippen molar-refractivity contribution in [2.24, 2.45) is 11.7 Å².